The average Bonchev–Trinajstić information content (AvgIpc) is 3.07. The van der Waals surface area contributed by atoms with Crippen molar-refractivity contribution in [1.82, 2.24) is 14.9 Å². The fourth-order valence-corrected chi connectivity index (χ4v) is 3.90. The van der Waals surface area contributed by atoms with Gasteiger partial charge in [0.1, 0.15) is 6.54 Å². The van der Waals surface area contributed by atoms with E-state index in [4.69, 9.17) is 0 Å². The zero-order valence-electron chi connectivity index (χ0n) is 14.6. The monoisotopic (exact) mass is 374 g/mol. The highest BCUT2D eigenvalue weighted by atomic mass is 32.2. The minimum atomic E-state index is -0.210. The van der Waals surface area contributed by atoms with Gasteiger partial charge in [0.2, 0.25) is 11.8 Å². The summed E-state index contributed by atoms with van der Waals surface area (Å²) in [6, 6.07) is 7.98. The molecule has 2 N–H and O–H groups in total. The molecule has 2 amide bonds. The SMILES string of the molecule is CNC(=O)Cn1c(CO)cnc1SCC(=O)N1CCCc2ccccc21. The Bertz CT molecular complexity index is 805. The van der Waals surface area contributed by atoms with Crippen LogP contribution in [0, 0.1) is 0 Å². The molecular formula is C18H22N4O3S. The van der Waals surface area contributed by atoms with Crippen LogP contribution < -0.4 is 10.2 Å². The van der Waals surface area contributed by atoms with Crippen LogP contribution in [0.3, 0.4) is 0 Å². The number of aliphatic hydroxyl groups excluding tert-OH is 1. The summed E-state index contributed by atoms with van der Waals surface area (Å²) in [7, 11) is 1.56. The second-order valence-corrected chi connectivity index (χ2v) is 6.96. The van der Waals surface area contributed by atoms with Gasteiger partial charge in [0.05, 0.1) is 24.3 Å². The van der Waals surface area contributed by atoms with Crippen molar-refractivity contribution >= 4 is 29.3 Å². The van der Waals surface area contributed by atoms with E-state index in [0.29, 0.717) is 17.4 Å². The van der Waals surface area contributed by atoms with Gasteiger partial charge in [0, 0.05) is 19.3 Å². The molecule has 0 saturated carbocycles. The molecular weight excluding hydrogens is 352 g/mol. The molecule has 0 spiro atoms. The van der Waals surface area contributed by atoms with Gasteiger partial charge in [-0.1, -0.05) is 30.0 Å². The van der Waals surface area contributed by atoms with E-state index in [1.54, 1.807) is 11.6 Å². The third kappa shape index (κ3) is 3.91. The van der Waals surface area contributed by atoms with E-state index >= 15 is 0 Å². The normalized spacial score (nSPS) is 13.4. The van der Waals surface area contributed by atoms with Gasteiger partial charge < -0.3 is 19.9 Å². The summed E-state index contributed by atoms with van der Waals surface area (Å²) in [6.45, 7) is 0.568. The highest BCUT2D eigenvalue weighted by Gasteiger charge is 2.23. The second-order valence-electron chi connectivity index (χ2n) is 6.02. The fraction of sp³-hybridized carbons (Fsp3) is 0.389. The van der Waals surface area contributed by atoms with Gasteiger partial charge in [-0.2, -0.15) is 0 Å². The number of benzene rings is 1. The Morgan fingerprint density at radius 2 is 2.15 bits per heavy atom. The van der Waals surface area contributed by atoms with Crippen LogP contribution in [0.2, 0.25) is 0 Å². The zero-order valence-corrected chi connectivity index (χ0v) is 15.5. The molecule has 1 aliphatic rings. The lowest BCUT2D eigenvalue weighted by Crippen LogP contribution is -2.36. The summed E-state index contributed by atoms with van der Waals surface area (Å²) in [5.74, 6) is 0.0577. The molecule has 0 saturated heterocycles. The van der Waals surface area contributed by atoms with Gasteiger partial charge in [0.25, 0.3) is 0 Å². The van der Waals surface area contributed by atoms with Gasteiger partial charge in [-0.3, -0.25) is 9.59 Å². The zero-order chi connectivity index (χ0) is 18.5. The number of hydrogen-bond donors (Lipinski definition) is 2. The molecule has 3 rings (SSSR count). The van der Waals surface area contributed by atoms with Crippen molar-refractivity contribution in [2.45, 2.75) is 31.1 Å². The lowest BCUT2D eigenvalue weighted by Gasteiger charge is -2.29. The van der Waals surface area contributed by atoms with Gasteiger partial charge in [-0.15, -0.1) is 0 Å². The number of thioether (sulfide) groups is 1. The third-order valence-corrected chi connectivity index (χ3v) is 5.36. The summed E-state index contributed by atoms with van der Waals surface area (Å²) in [4.78, 5) is 30.5. The van der Waals surface area contributed by atoms with Crippen LogP contribution in [0.25, 0.3) is 0 Å². The fourth-order valence-electron chi connectivity index (χ4n) is 3.02. The number of rotatable bonds is 6. The molecule has 1 aromatic carbocycles. The molecule has 0 radical (unpaired) electrons. The number of likely N-dealkylation sites (N-methyl/N-ethyl adjacent to an activating group) is 1. The molecule has 0 unspecified atom stereocenters. The molecule has 0 bridgehead atoms. The minimum Gasteiger partial charge on any atom is -0.390 e. The molecule has 0 atom stereocenters. The Labute approximate surface area is 156 Å². The maximum absolute atomic E-state index is 12.7. The number of aromatic nitrogens is 2. The van der Waals surface area contributed by atoms with Gasteiger partial charge in [-0.05, 0) is 24.5 Å². The smallest absolute Gasteiger partial charge is 0.239 e. The Morgan fingerprint density at radius 1 is 1.35 bits per heavy atom. The quantitative estimate of drug-likeness (QED) is 0.742. The van der Waals surface area contributed by atoms with Crippen molar-refractivity contribution in [3.8, 4) is 0 Å². The number of aryl methyl sites for hydroxylation is 1. The lowest BCUT2D eigenvalue weighted by atomic mass is 10.0. The number of fused-ring (bicyclic) bond motifs is 1. The number of nitrogens with one attached hydrogen (secondary N) is 1. The molecule has 1 aliphatic heterocycles. The van der Waals surface area contributed by atoms with Crippen molar-refractivity contribution in [2.24, 2.45) is 0 Å². The summed E-state index contributed by atoms with van der Waals surface area (Å²) >= 11 is 1.28. The van der Waals surface area contributed by atoms with E-state index < -0.39 is 0 Å². The van der Waals surface area contributed by atoms with Gasteiger partial charge >= 0.3 is 0 Å². The number of carbonyl (C=O) groups excluding carboxylic acids is 2. The molecule has 2 aromatic rings. The molecule has 138 valence electrons. The number of aliphatic hydroxyl groups is 1. The first kappa shape index (κ1) is 18.5. The highest BCUT2D eigenvalue weighted by molar-refractivity contribution is 7.99. The van der Waals surface area contributed by atoms with Crippen molar-refractivity contribution in [3.63, 3.8) is 0 Å². The number of nitrogens with zero attached hydrogens (tertiary/aromatic N) is 3. The molecule has 0 fully saturated rings. The highest BCUT2D eigenvalue weighted by Crippen LogP contribution is 2.28. The van der Waals surface area contributed by atoms with Gasteiger partial charge in [0.15, 0.2) is 5.16 Å². The van der Waals surface area contributed by atoms with Crippen LogP contribution >= 0.6 is 11.8 Å². The Balaban J connectivity index is 1.71. The molecule has 7 nitrogen and oxygen atoms in total. The first-order chi connectivity index (χ1) is 12.6. The van der Waals surface area contributed by atoms with Crippen LogP contribution in [0.5, 0.6) is 0 Å². The van der Waals surface area contributed by atoms with Crippen LogP contribution in [0.4, 0.5) is 5.69 Å². The first-order valence-electron chi connectivity index (χ1n) is 8.51. The van der Waals surface area contributed by atoms with E-state index in [9.17, 15) is 14.7 Å². The predicted octanol–water partition coefficient (Wildman–Crippen LogP) is 1.19. The van der Waals surface area contributed by atoms with Crippen LogP contribution in [-0.2, 0) is 29.2 Å². The van der Waals surface area contributed by atoms with E-state index in [1.807, 2.05) is 23.1 Å². The second kappa shape index (κ2) is 8.37. The number of carbonyl (C=O) groups is 2. The van der Waals surface area contributed by atoms with Crippen molar-refractivity contribution in [1.29, 1.82) is 0 Å². The molecule has 26 heavy (non-hydrogen) atoms. The van der Waals surface area contributed by atoms with Crippen LogP contribution in [0.15, 0.2) is 35.6 Å². The number of hydrogen-bond acceptors (Lipinski definition) is 5. The van der Waals surface area contributed by atoms with E-state index in [2.05, 4.69) is 16.4 Å². The van der Waals surface area contributed by atoms with Crippen molar-refractivity contribution in [2.75, 3.05) is 24.2 Å². The molecule has 1 aromatic heterocycles. The summed E-state index contributed by atoms with van der Waals surface area (Å²) in [6.07, 6.45) is 3.48. The Hall–Kier alpha value is -2.32. The van der Waals surface area contributed by atoms with Crippen molar-refractivity contribution < 1.29 is 14.7 Å². The maximum atomic E-state index is 12.7. The summed E-state index contributed by atoms with van der Waals surface area (Å²) in [5, 5.41) is 12.5. The number of imidazole rings is 1. The lowest BCUT2D eigenvalue weighted by molar-refractivity contribution is -0.121. The number of para-hydroxylation sites is 1. The topological polar surface area (TPSA) is 87.5 Å². The minimum absolute atomic E-state index is 0.0159. The van der Waals surface area contributed by atoms with Crippen LogP contribution in [-0.4, -0.2) is 45.8 Å². The summed E-state index contributed by atoms with van der Waals surface area (Å²) in [5.41, 5.74) is 2.72. The van der Waals surface area contributed by atoms with E-state index in [-0.39, 0.29) is 30.7 Å². The molecule has 8 heteroatoms. The van der Waals surface area contributed by atoms with Crippen molar-refractivity contribution in [3.05, 3.63) is 41.7 Å². The van der Waals surface area contributed by atoms with Gasteiger partial charge in [-0.25, -0.2) is 4.98 Å². The largest absolute Gasteiger partial charge is 0.390 e. The number of anilines is 1. The Kier molecular flexibility index (Phi) is 5.95. The van der Waals surface area contributed by atoms with Crippen LogP contribution in [0.1, 0.15) is 17.7 Å². The maximum Gasteiger partial charge on any atom is 0.239 e. The predicted molar refractivity (Wildman–Crippen MR) is 100 cm³/mol. The average molecular weight is 374 g/mol. The molecule has 2 heterocycles. The summed E-state index contributed by atoms with van der Waals surface area (Å²) < 4.78 is 1.64. The molecule has 0 aliphatic carbocycles. The third-order valence-electron chi connectivity index (χ3n) is 4.38. The van der Waals surface area contributed by atoms with E-state index in [0.717, 1.165) is 18.5 Å². The Morgan fingerprint density at radius 3 is 2.92 bits per heavy atom. The number of amides is 2. The first-order valence-corrected chi connectivity index (χ1v) is 9.49. The standard InChI is InChI=1S/C18H22N4O3S/c1-19-16(24)10-22-14(11-23)9-20-18(22)26-12-17(25)21-8-4-6-13-5-2-3-7-15(13)21/h2-3,5,7,9,23H,4,6,8,10-12H2,1H3,(H,19,24). The van der Waals surface area contributed by atoms with E-state index in [1.165, 1.54) is 23.5 Å².